The van der Waals surface area contributed by atoms with Crippen LogP contribution >= 0.6 is 11.6 Å². The predicted octanol–water partition coefficient (Wildman–Crippen LogP) is 4.20. The molecule has 4 rings (SSSR count). The van der Waals surface area contributed by atoms with Gasteiger partial charge in [0.25, 0.3) is 0 Å². The van der Waals surface area contributed by atoms with Crippen molar-refractivity contribution in [1.82, 2.24) is 9.80 Å². The molecule has 1 N–H and O–H groups in total. The van der Waals surface area contributed by atoms with E-state index in [9.17, 15) is 9.59 Å². The molecule has 0 saturated carbocycles. The third-order valence-electron chi connectivity index (χ3n) is 6.11. The maximum Gasteiger partial charge on any atom is 0.244 e. The molecule has 2 heterocycles. The zero-order chi connectivity index (χ0) is 21.1. The van der Waals surface area contributed by atoms with E-state index < -0.39 is 6.04 Å². The number of nitrogens with one attached hydrogen (secondary N) is 1. The zero-order valence-corrected chi connectivity index (χ0v) is 18.1. The largest absolute Gasteiger partial charge is 0.341 e. The molecule has 2 aromatic rings. The van der Waals surface area contributed by atoms with E-state index in [1.54, 1.807) is 12.1 Å². The molecule has 2 aliphatic rings. The Morgan fingerprint density at radius 2 is 1.83 bits per heavy atom. The highest BCUT2D eigenvalue weighted by atomic mass is 35.5. The van der Waals surface area contributed by atoms with Crippen molar-refractivity contribution in [1.29, 1.82) is 0 Å². The molecular weight excluding hydrogens is 398 g/mol. The number of hydrogen-bond donors (Lipinski definition) is 1. The van der Waals surface area contributed by atoms with Crippen LogP contribution in [0, 0.1) is 6.92 Å². The van der Waals surface area contributed by atoms with Gasteiger partial charge in [0.1, 0.15) is 6.04 Å². The Morgan fingerprint density at radius 1 is 1.07 bits per heavy atom. The number of piperidine rings is 1. The fraction of sp³-hybridized carbons (Fsp3) is 0.417. The van der Waals surface area contributed by atoms with Crippen LogP contribution in [0.25, 0.3) is 0 Å². The molecule has 6 heteroatoms. The molecule has 1 saturated heterocycles. The molecule has 2 aromatic carbocycles. The van der Waals surface area contributed by atoms with Crippen molar-refractivity contribution >= 4 is 29.1 Å². The number of nitrogens with zero attached hydrogens (tertiary/aromatic N) is 2. The van der Waals surface area contributed by atoms with Crippen LogP contribution in [0.5, 0.6) is 0 Å². The number of halogens is 1. The van der Waals surface area contributed by atoms with Crippen molar-refractivity contribution in [3.05, 3.63) is 64.2 Å². The van der Waals surface area contributed by atoms with E-state index in [1.165, 1.54) is 12.0 Å². The van der Waals surface area contributed by atoms with E-state index in [4.69, 9.17) is 11.6 Å². The first-order chi connectivity index (χ1) is 14.5. The van der Waals surface area contributed by atoms with Crippen LogP contribution in [0.1, 0.15) is 42.0 Å². The van der Waals surface area contributed by atoms with Gasteiger partial charge in [-0.05, 0) is 61.4 Å². The molecule has 0 aliphatic carbocycles. The van der Waals surface area contributed by atoms with Crippen molar-refractivity contribution in [2.24, 2.45) is 0 Å². The second-order valence-corrected chi connectivity index (χ2v) is 8.65. The minimum atomic E-state index is -0.403. The molecule has 30 heavy (non-hydrogen) atoms. The number of carbonyl (C=O) groups excluding carboxylic acids is 2. The van der Waals surface area contributed by atoms with E-state index in [0.29, 0.717) is 17.3 Å². The van der Waals surface area contributed by atoms with Gasteiger partial charge in [0.15, 0.2) is 0 Å². The second-order valence-electron chi connectivity index (χ2n) is 8.22. The van der Waals surface area contributed by atoms with Gasteiger partial charge in [-0.3, -0.25) is 14.5 Å². The van der Waals surface area contributed by atoms with Crippen molar-refractivity contribution in [3.8, 4) is 0 Å². The monoisotopic (exact) mass is 425 g/mol. The summed E-state index contributed by atoms with van der Waals surface area (Å²) in [5.41, 5.74) is 3.91. The fourth-order valence-electron chi connectivity index (χ4n) is 4.47. The van der Waals surface area contributed by atoms with Gasteiger partial charge in [0.2, 0.25) is 11.8 Å². The standard InChI is InChI=1S/C24H28ClN3O2/c1-17-9-10-19(25)15-21(17)26-22(29)16-28-14-11-18-7-3-4-8-20(18)23(28)24(30)27-12-5-2-6-13-27/h3-4,7-10,15,23H,2,5-6,11-14,16H2,1H3,(H,26,29). The van der Waals surface area contributed by atoms with E-state index in [0.717, 1.165) is 43.5 Å². The summed E-state index contributed by atoms with van der Waals surface area (Å²) in [4.78, 5) is 30.4. The number of hydrogen-bond acceptors (Lipinski definition) is 3. The number of benzene rings is 2. The number of aryl methyl sites for hydroxylation is 1. The van der Waals surface area contributed by atoms with E-state index in [2.05, 4.69) is 11.4 Å². The van der Waals surface area contributed by atoms with Gasteiger partial charge in [0, 0.05) is 30.3 Å². The molecule has 2 amide bonds. The minimum absolute atomic E-state index is 0.119. The molecule has 2 aliphatic heterocycles. The summed E-state index contributed by atoms with van der Waals surface area (Å²) in [6, 6.07) is 13.2. The summed E-state index contributed by atoms with van der Waals surface area (Å²) in [6.45, 7) is 4.40. The van der Waals surface area contributed by atoms with Gasteiger partial charge in [-0.15, -0.1) is 0 Å². The average Bonchev–Trinajstić information content (AvgIpc) is 2.76. The zero-order valence-electron chi connectivity index (χ0n) is 17.4. The van der Waals surface area contributed by atoms with Gasteiger partial charge in [0.05, 0.1) is 6.54 Å². The lowest BCUT2D eigenvalue weighted by atomic mass is 9.91. The Hall–Kier alpha value is -2.37. The smallest absolute Gasteiger partial charge is 0.244 e. The highest BCUT2D eigenvalue weighted by molar-refractivity contribution is 6.31. The number of anilines is 1. The van der Waals surface area contributed by atoms with Crippen LogP contribution in [0.3, 0.4) is 0 Å². The quantitative estimate of drug-likeness (QED) is 0.798. The normalized spacial score (nSPS) is 19.3. The highest BCUT2D eigenvalue weighted by Crippen LogP contribution is 2.32. The summed E-state index contributed by atoms with van der Waals surface area (Å²) in [5, 5.41) is 3.56. The van der Waals surface area contributed by atoms with Crippen molar-refractivity contribution in [2.75, 3.05) is 31.5 Å². The Kier molecular flexibility index (Phi) is 6.40. The SMILES string of the molecule is Cc1ccc(Cl)cc1NC(=O)CN1CCc2ccccc2C1C(=O)N1CCCCC1. The first kappa shape index (κ1) is 20.9. The number of amides is 2. The van der Waals surface area contributed by atoms with Gasteiger partial charge < -0.3 is 10.2 Å². The molecule has 0 radical (unpaired) electrons. The van der Waals surface area contributed by atoms with Gasteiger partial charge in [-0.1, -0.05) is 41.9 Å². The van der Waals surface area contributed by atoms with Crippen LogP contribution in [0.4, 0.5) is 5.69 Å². The van der Waals surface area contributed by atoms with Crippen molar-refractivity contribution in [3.63, 3.8) is 0 Å². The molecule has 158 valence electrons. The maximum absolute atomic E-state index is 13.5. The first-order valence-electron chi connectivity index (χ1n) is 10.7. The molecule has 1 unspecified atom stereocenters. The Labute approximate surface area is 183 Å². The molecule has 1 atom stereocenters. The predicted molar refractivity (Wildman–Crippen MR) is 120 cm³/mol. The summed E-state index contributed by atoms with van der Waals surface area (Å²) in [5.74, 6) is -0.00946. The number of fused-ring (bicyclic) bond motifs is 1. The van der Waals surface area contributed by atoms with Crippen LogP contribution in [0.15, 0.2) is 42.5 Å². The highest BCUT2D eigenvalue weighted by Gasteiger charge is 2.36. The molecular formula is C24H28ClN3O2. The van der Waals surface area contributed by atoms with Crippen LogP contribution in [-0.4, -0.2) is 47.8 Å². The fourth-order valence-corrected chi connectivity index (χ4v) is 4.64. The number of carbonyl (C=O) groups is 2. The summed E-state index contributed by atoms with van der Waals surface area (Å²) in [7, 11) is 0. The maximum atomic E-state index is 13.5. The van der Waals surface area contributed by atoms with Gasteiger partial charge >= 0.3 is 0 Å². The lowest BCUT2D eigenvalue weighted by Gasteiger charge is -2.39. The van der Waals surface area contributed by atoms with Crippen molar-refractivity contribution in [2.45, 2.75) is 38.6 Å². The Balaban J connectivity index is 1.55. The van der Waals surface area contributed by atoms with Crippen LogP contribution in [-0.2, 0) is 16.0 Å². The second kappa shape index (κ2) is 9.19. The van der Waals surface area contributed by atoms with Gasteiger partial charge in [-0.25, -0.2) is 0 Å². The molecule has 0 bridgehead atoms. The van der Waals surface area contributed by atoms with Crippen molar-refractivity contribution < 1.29 is 9.59 Å². The lowest BCUT2D eigenvalue weighted by molar-refractivity contribution is -0.139. The topological polar surface area (TPSA) is 52.7 Å². The number of likely N-dealkylation sites (tertiary alicyclic amines) is 1. The Morgan fingerprint density at radius 3 is 2.63 bits per heavy atom. The summed E-state index contributed by atoms with van der Waals surface area (Å²) >= 11 is 6.09. The molecule has 1 fully saturated rings. The van der Waals surface area contributed by atoms with E-state index in [-0.39, 0.29) is 18.4 Å². The third-order valence-corrected chi connectivity index (χ3v) is 6.34. The average molecular weight is 426 g/mol. The number of rotatable bonds is 4. The van der Waals surface area contributed by atoms with Crippen LogP contribution < -0.4 is 5.32 Å². The molecule has 0 aromatic heterocycles. The first-order valence-corrected chi connectivity index (χ1v) is 11.1. The van der Waals surface area contributed by atoms with E-state index in [1.807, 2.05) is 41.0 Å². The van der Waals surface area contributed by atoms with E-state index >= 15 is 0 Å². The summed E-state index contributed by atoms with van der Waals surface area (Å²) in [6.07, 6.45) is 4.11. The summed E-state index contributed by atoms with van der Waals surface area (Å²) < 4.78 is 0. The van der Waals surface area contributed by atoms with Gasteiger partial charge in [-0.2, -0.15) is 0 Å². The minimum Gasteiger partial charge on any atom is -0.341 e. The molecule has 5 nitrogen and oxygen atoms in total. The lowest BCUT2D eigenvalue weighted by Crippen LogP contribution is -2.49. The van der Waals surface area contributed by atoms with Crippen LogP contribution in [0.2, 0.25) is 5.02 Å². The molecule has 0 spiro atoms. The Bertz CT molecular complexity index is 940. The third kappa shape index (κ3) is 4.52.